The number of hydrogen-bond donors (Lipinski definition) is 2. The highest BCUT2D eigenvalue weighted by atomic mass is 16.4. The number of aromatic carboxylic acids is 1. The smallest absolute Gasteiger partial charge is 0.352 e. The molecule has 33 heavy (non-hydrogen) atoms. The minimum Gasteiger partial charge on any atom is -0.477 e. The van der Waals surface area contributed by atoms with Crippen molar-refractivity contribution in [3.8, 4) is 0 Å². The lowest BCUT2D eigenvalue weighted by molar-refractivity contribution is -0.120. The molecular formula is C24H30N6O3. The molecule has 9 heteroatoms. The van der Waals surface area contributed by atoms with Crippen molar-refractivity contribution in [2.24, 2.45) is 7.05 Å². The summed E-state index contributed by atoms with van der Waals surface area (Å²) >= 11 is 0. The number of carboxylic acid groups (broad SMARTS) is 1. The Labute approximate surface area is 193 Å². The molecule has 0 spiro atoms. The van der Waals surface area contributed by atoms with Gasteiger partial charge in [0.1, 0.15) is 5.69 Å². The van der Waals surface area contributed by atoms with Crippen LogP contribution in [0.15, 0.2) is 42.7 Å². The Kier molecular flexibility index (Phi) is 7.19. The van der Waals surface area contributed by atoms with Crippen LogP contribution in [0.25, 0.3) is 10.9 Å². The first-order valence-corrected chi connectivity index (χ1v) is 11.3. The Bertz CT molecular complexity index is 1110. The maximum absolute atomic E-state index is 12.5. The van der Waals surface area contributed by atoms with Crippen molar-refractivity contribution in [1.29, 1.82) is 0 Å². The highest BCUT2D eigenvalue weighted by Gasteiger charge is 2.22. The number of unbranched alkanes of at least 4 members (excludes halogenated alkanes) is 1. The van der Waals surface area contributed by atoms with Crippen LogP contribution in [0.5, 0.6) is 0 Å². The summed E-state index contributed by atoms with van der Waals surface area (Å²) in [6, 6.07) is 9.30. The van der Waals surface area contributed by atoms with Gasteiger partial charge in [-0.3, -0.25) is 9.69 Å². The Balaban J connectivity index is 1.20. The molecule has 1 aliphatic heterocycles. The van der Waals surface area contributed by atoms with Crippen molar-refractivity contribution < 1.29 is 14.7 Å². The summed E-state index contributed by atoms with van der Waals surface area (Å²) in [5, 5.41) is 13.4. The van der Waals surface area contributed by atoms with E-state index < -0.39 is 5.97 Å². The SMILES string of the molecule is Cn1c(C(=O)O)c(CC(=O)NCCCCN2CCN(c3ncccn3)CC2)c2ccccc21. The van der Waals surface area contributed by atoms with Crippen LogP contribution in [0, 0.1) is 0 Å². The second kappa shape index (κ2) is 10.4. The largest absolute Gasteiger partial charge is 0.477 e. The van der Waals surface area contributed by atoms with Gasteiger partial charge in [0, 0.05) is 68.6 Å². The standard InChI is InChI=1S/C24H30N6O3/c1-28-20-8-3-2-7-18(20)19(22(28)23(32)33)17-21(31)25-9-4-5-12-29-13-15-30(16-14-29)24-26-10-6-11-27-24/h2-3,6-8,10-11H,4-5,9,12-17H2,1H3,(H,25,31)(H,32,33). The number of rotatable bonds is 9. The first kappa shape index (κ1) is 22.7. The van der Waals surface area contributed by atoms with E-state index >= 15 is 0 Å². The van der Waals surface area contributed by atoms with Crippen LogP contribution in [0.1, 0.15) is 28.9 Å². The van der Waals surface area contributed by atoms with Gasteiger partial charge in [-0.1, -0.05) is 18.2 Å². The van der Waals surface area contributed by atoms with E-state index in [1.165, 1.54) is 0 Å². The lowest BCUT2D eigenvalue weighted by Crippen LogP contribution is -2.47. The summed E-state index contributed by atoms with van der Waals surface area (Å²) in [4.78, 5) is 37.6. The van der Waals surface area contributed by atoms with Crippen molar-refractivity contribution in [2.45, 2.75) is 19.3 Å². The van der Waals surface area contributed by atoms with E-state index in [2.05, 4.69) is 25.1 Å². The third-order valence-electron chi connectivity index (χ3n) is 6.18. The van der Waals surface area contributed by atoms with Gasteiger partial charge in [-0.15, -0.1) is 0 Å². The van der Waals surface area contributed by atoms with Gasteiger partial charge < -0.3 is 19.9 Å². The molecule has 174 valence electrons. The molecule has 0 atom stereocenters. The monoisotopic (exact) mass is 450 g/mol. The average molecular weight is 451 g/mol. The van der Waals surface area contributed by atoms with Crippen molar-refractivity contribution in [3.63, 3.8) is 0 Å². The lowest BCUT2D eigenvalue weighted by Gasteiger charge is -2.34. The number of benzene rings is 1. The first-order valence-electron chi connectivity index (χ1n) is 11.3. The fourth-order valence-electron chi connectivity index (χ4n) is 4.46. The number of carboxylic acids is 1. The van der Waals surface area contributed by atoms with Crippen LogP contribution in [-0.2, 0) is 18.3 Å². The molecule has 0 unspecified atom stereocenters. The van der Waals surface area contributed by atoms with E-state index in [1.807, 2.05) is 30.3 Å². The average Bonchev–Trinajstić information content (AvgIpc) is 3.11. The molecule has 1 fully saturated rings. The van der Waals surface area contributed by atoms with Gasteiger partial charge in [0.15, 0.2) is 0 Å². The summed E-state index contributed by atoms with van der Waals surface area (Å²) in [6.45, 7) is 5.36. The van der Waals surface area contributed by atoms with Crippen molar-refractivity contribution >= 4 is 28.7 Å². The van der Waals surface area contributed by atoms with Crippen LogP contribution >= 0.6 is 0 Å². The van der Waals surface area contributed by atoms with E-state index in [0.717, 1.165) is 62.4 Å². The number of hydrogen-bond acceptors (Lipinski definition) is 6. The number of piperazine rings is 1. The van der Waals surface area contributed by atoms with E-state index in [0.29, 0.717) is 12.1 Å². The summed E-state index contributed by atoms with van der Waals surface area (Å²) in [7, 11) is 1.72. The molecule has 0 aliphatic carbocycles. The number of nitrogens with zero attached hydrogens (tertiary/aromatic N) is 5. The number of carbonyl (C=O) groups is 2. The van der Waals surface area contributed by atoms with Gasteiger partial charge in [0.05, 0.1) is 6.42 Å². The highest BCUT2D eigenvalue weighted by Crippen LogP contribution is 2.26. The molecule has 0 bridgehead atoms. The van der Waals surface area contributed by atoms with E-state index in [4.69, 9.17) is 0 Å². The molecular weight excluding hydrogens is 420 g/mol. The fraction of sp³-hybridized carbons (Fsp3) is 0.417. The van der Waals surface area contributed by atoms with Gasteiger partial charge in [0.25, 0.3) is 0 Å². The number of carbonyl (C=O) groups excluding carboxylic acids is 1. The molecule has 4 rings (SSSR count). The topological polar surface area (TPSA) is 104 Å². The predicted molar refractivity (Wildman–Crippen MR) is 127 cm³/mol. The van der Waals surface area contributed by atoms with Crippen molar-refractivity contribution in [3.05, 3.63) is 54.0 Å². The first-order chi connectivity index (χ1) is 16.0. The van der Waals surface area contributed by atoms with E-state index in [1.54, 1.807) is 24.0 Å². The second-order valence-electron chi connectivity index (χ2n) is 8.32. The predicted octanol–water partition coefficient (Wildman–Crippen LogP) is 1.93. The van der Waals surface area contributed by atoms with E-state index in [-0.39, 0.29) is 18.0 Å². The third kappa shape index (κ3) is 5.31. The minimum atomic E-state index is -1.02. The maximum atomic E-state index is 12.5. The molecule has 1 saturated heterocycles. The van der Waals surface area contributed by atoms with Crippen molar-refractivity contribution in [1.82, 2.24) is 24.8 Å². The minimum absolute atomic E-state index is 0.0620. The number of aryl methyl sites for hydroxylation is 1. The van der Waals surface area contributed by atoms with Gasteiger partial charge in [-0.05, 0) is 31.5 Å². The molecule has 3 aromatic rings. The van der Waals surface area contributed by atoms with Gasteiger partial charge in [-0.2, -0.15) is 0 Å². The summed E-state index contributed by atoms with van der Waals surface area (Å²) in [5.41, 5.74) is 1.56. The van der Waals surface area contributed by atoms with Gasteiger partial charge in [0.2, 0.25) is 11.9 Å². The Morgan fingerprint density at radius 1 is 1.03 bits per heavy atom. The highest BCUT2D eigenvalue weighted by molar-refractivity contribution is 6.00. The summed E-state index contributed by atoms with van der Waals surface area (Å²) in [6.07, 6.45) is 5.48. The number of aromatic nitrogens is 3. The quantitative estimate of drug-likeness (QED) is 0.480. The van der Waals surface area contributed by atoms with Crippen LogP contribution < -0.4 is 10.2 Å². The Morgan fingerprint density at radius 3 is 2.48 bits per heavy atom. The van der Waals surface area contributed by atoms with Crippen LogP contribution in [0.4, 0.5) is 5.95 Å². The van der Waals surface area contributed by atoms with E-state index in [9.17, 15) is 14.7 Å². The zero-order chi connectivity index (χ0) is 23.2. The molecule has 0 radical (unpaired) electrons. The zero-order valence-corrected chi connectivity index (χ0v) is 18.9. The molecule has 1 amide bonds. The van der Waals surface area contributed by atoms with Crippen LogP contribution in [0.3, 0.4) is 0 Å². The number of para-hydroxylation sites is 1. The van der Waals surface area contributed by atoms with Crippen LogP contribution in [-0.4, -0.2) is 75.7 Å². The van der Waals surface area contributed by atoms with Crippen molar-refractivity contribution in [2.75, 3.05) is 44.2 Å². The maximum Gasteiger partial charge on any atom is 0.352 e. The molecule has 9 nitrogen and oxygen atoms in total. The van der Waals surface area contributed by atoms with Crippen LogP contribution in [0.2, 0.25) is 0 Å². The molecule has 1 aromatic carbocycles. The number of fused-ring (bicyclic) bond motifs is 1. The van der Waals surface area contributed by atoms with Gasteiger partial charge >= 0.3 is 5.97 Å². The number of amides is 1. The van der Waals surface area contributed by atoms with Gasteiger partial charge in [-0.25, -0.2) is 14.8 Å². The normalized spacial score (nSPS) is 14.5. The number of nitrogens with one attached hydrogen (secondary N) is 1. The molecule has 2 aromatic heterocycles. The second-order valence-corrected chi connectivity index (χ2v) is 8.32. The fourth-order valence-corrected chi connectivity index (χ4v) is 4.46. The number of anilines is 1. The lowest BCUT2D eigenvalue weighted by atomic mass is 10.1. The molecule has 3 heterocycles. The summed E-state index contributed by atoms with van der Waals surface area (Å²) < 4.78 is 1.64. The third-order valence-corrected chi connectivity index (χ3v) is 6.18. The zero-order valence-electron chi connectivity index (χ0n) is 18.9. The molecule has 2 N–H and O–H groups in total. The Hall–Kier alpha value is -3.46. The Morgan fingerprint density at radius 2 is 1.76 bits per heavy atom. The molecule has 0 saturated carbocycles. The molecule has 1 aliphatic rings. The summed E-state index contributed by atoms with van der Waals surface area (Å²) in [5.74, 6) is -0.377.